The van der Waals surface area contributed by atoms with Crippen molar-refractivity contribution >= 4 is 12.4 Å². The molecule has 1 aliphatic heterocycles. The van der Waals surface area contributed by atoms with Crippen molar-refractivity contribution in [3.63, 3.8) is 0 Å². The first-order valence-corrected chi connectivity index (χ1v) is 5.91. The van der Waals surface area contributed by atoms with Crippen molar-refractivity contribution < 1.29 is 4.74 Å². The molecule has 1 unspecified atom stereocenters. The molecule has 1 saturated heterocycles. The van der Waals surface area contributed by atoms with Gasteiger partial charge in [0, 0.05) is 12.6 Å². The van der Waals surface area contributed by atoms with Gasteiger partial charge in [0.15, 0.2) is 0 Å². The molecule has 1 heterocycles. The maximum Gasteiger partial charge on any atom is 0.0758 e. The van der Waals surface area contributed by atoms with E-state index in [0.717, 1.165) is 6.61 Å². The third kappa shape index (κ3) is 4.13. The topological polar surface area (TPSA) is 35.2 Å². The lowest BCUT2D eigenvalue weighted by molar-refractivity contribution is 0.0458. The molecule has 2 fully saturated rings. The second-order valence-corrected chi connectivity index (χ2v) is 4.57. The molecule has 0 radical (unpaired) electrons. The van der Waals surface area contributed by atoms with Crippen molar-refractivity contribution in [1.29, 1.82) is 0 Å². The molecule has 0 spiro atoms. The van der Waals surface area contributed by atoms with Crippen LogP contribution in [0.25, 0.3) is 0 Å². The minimum absolute atomic E-state index is 0. The van der Waals surface area contributed by atoms with Crippen LogP contribution in [-0.4, -0.2) is 18.8 Å². The molecule has 1 atom stereocenters. The number of halogens is 1. The van der Waals surface area contributed by atoms with Crippen molar-refractivity contribution in [2.24, 2.45) is 5.73 Å². The van der Waals surface area contributed by atoms with Gasteiger partial charge in [0.05, 0.1) is 6.10 Å². The highest BCUT2D eigenvalue weighted by Gasteiger charge is 2.16. The molecule has 3 heteroatoms. The number of hydrogen-bond acceptors (Lipinski definition) is 2. The van der Waals surface area contributed by atoms with Crippen LogP contribution in [0.5, 0.6) is 0 Å². The molecule has 2 N–H and O–H groups in total. The summed E-state index contributed by atoms with van der Waals surface area (Å²) in [6.07, 6.45) is 11.3. The molecule has 0 bridgehead atoms. The zero-order valence-electron chi connectivity index (χ0n) is 9.28. The molecule has 0 aromatic rings. The van der Waals surface area contributed by atoms with Gasteiger partial charge in [-0.15, -0.1) is 12.4 Å². The van der Waals surface area contributed by atoms with E-state index in [9.17, 15) is 0 Å². The van der Waals surface area contributed by atoms with Gasteiger partial charge in [-0.25, -0.2) is 0 Å². The molecular formula is C12H22ClNO. The second kappa shape index (κ2) is 6.51. The van der Waals surface area contributed by atoms with Gasteiger partial charge in [0.25, 0.3) is 0 Å². The van der Waals surface area contributed by atoms with Gasteiger partial charge < -0.3 is 10.5 Å². The summed E-state index contributed by atoms with van der Waals surface area (Å²) in [7, 11) is 0. The highest BCUT2D eigenvalue weighted by molar-refractivity contribution is 5.85. The first-order valence-electron chi connectivity index (χ1n) is 5.91. The third-order valence-electron chi connectivity index (χ3n) is 3.31. The van der Waals surface area contributed by atoms with E-state index < -0.39 is 0 Å². The van der Waals surface area contributed by atoms with E-state index in [2.05, 4.69) is 6.08 Å². The summed E-state index contributed by atoms with van der Waals surface area (Å²) in [5, 5.41) is 0. The summed E-state index contributed by atoms with van der Waals surface area (Å²) < 4.78 is 5.70. The minimum atomic E-state index is 0. The van der Waals surface area contributed by atoms with E-state index in [-0.39, 0.29) is 12.4 Å². The van der Waals surface area contributed by atoms with Crippen molar-refractivity contribution in [2.75, 3.05) is 6.61 Å². The second-order valence-electron chi connectivity index (χ2n) is 4.57. The van der Waals surface area contributed by atoms with Crippen LogP contribution in [0.15, 0.2) is 11.6 Å². The quantitative estimate of drug-likeness (QED) is 0.705. The van der Waals surface area contributed by atoms with E-state index >= 15 is 0 Å². The monoisotopic (exact) mass is 231 g/mol. The normalized spacial score (nSPS) is 31.9. The minimum Gasteiger partial charge on any atom is -0.374 e. The van der Waals surface area contributed by atoms with E-state index in [0.29, 0.717) is 12.1 Å². The van der Waals surface area contributed by atoms with E-state index in [1.54, 1.807) is 5.57 Å². The van der Waals surface area contributed by atoms with Gasteiger partial charge >= 0.3 is 0 Å². The highest BCUT2D eigenvalue weighted by atomic mass is 35.5. The maximum absolute atomic E-state index is 5.87. The maximum atomic E-state index is 5.87. The molecule has 1 saturated carbocycles. The van der Waals surface area contributed by atoms with Gasteiger partial charge in [-0.05, 0) is 44.9 Å². The molecule has 0 aromatic carbocycles. The van der Waals surface area contributed by atoms with Crippen molar-refractivity contribution in [3.8, 4) is 0 Å². The van der Waals surface area contributed by atoms with Crippen LogP contribution < -0.4 is 5.73 Å². The van der Waals surface area contributed by atoms with E-state index in [1.165, 1.54) is 44.9 Å². The largest absolute Gasteiger partial charge is 0.374 e. The predicted octanol–water partition coefficient (Wildman–Crippen LogP) is 2.81. The lowest BCUT2D eigenvalue weighted by atomic mass is 9.90. The average molecular weight is 232 g/mol. The first-order chi connectivity index (χ1) is 6.84. The van der Waals surface area contributed by atoms with Crippen molar-refractivity contribution in [3.05, 3.63) is 11.6 Å². The Morgan fingerprint density at radius 1 is 1.13 bits per heavy atom. The summed E-state index contributed by atoms with van der Waals surface area (Å²) in [5.74, 6) is 0. The summed E-state index contributed by atoms with van der Waals surface area (Å²) >= 11 is 0. The fraction of sp³-hybridized carbons (Fsp3) is 0.833. The Kier molecular flexibility index (Phi) is 5.65. The van der Waals surface area contributed by atoms with Crippen LogP contribution in [0.4, 0.5) is 0 Å². The third-order valence-corrected chi connectivity index (χ3v) is 3.31. The molecule has 1 aliphatic carbocycles. The number of allylic oxidation sites excluding steroid dienone is 1. The summed E-state index contributed by atoms with van der Waals surface area (Å²) in [5.41, 5.74) is 7.45. The van der Waals surface area contributed by atoms with Gasteiger partial charge in [0.1, 0.15) is 0 Å². The van der Waals surface area contributed by atoms with Crippen LogP contribution >= 0.6 is 12.4 Å². The van der Waals surface area contributed by atoms with E-state index in [4.69, 9.17) is 10.5 Å². The van der Waals surface area contributed by atoms with Crippen molar-refractivity contribution in [2.45, 2.75) is 57.1 Å². The zero-order valence-corrected chi connectivity index (χ0v) is 10.1. The Bertz CT molecular complexity index is 202. The molecule has 0 amide bonds. The van der Waals surface area contributed by atoms with Gasteiger partial charge in [-0.3, -0.25) is 0 Å². The Balaban J connectivity index is 0.00000112. The Morgan fingerprint density at radius 2 is 1.87 bits per heavy atom. The molecule has 2 aliphatic rings. The van der Waals surface area contributed by atoms with Crippen LogP contribution in [0.3, 0.4) is 0 Å². The number of rotatable bonds is 1. The van der Waals surface area contributed by atoms with Crippen LogP contribution in [0.1, 0.15) is 44.9 Å². The lowest BCUT2D eigenvalue weighted by Crippen LogP contribution is -2.24. The Labute approximate surface area is 98.7 Å². The van der Waals surface area contributed by atoms with Gasteiger partial charge in [-0.1, -0.05) is 11.6 Å². The van der Waals surface area contributed by atoms with Crippen LogP contribution in [0.2, 0.25) is 0 Å². The molecule has 2 rings (SSSR count). The van der Waals surface area contributed by atoms with E-state index in [1.807, 2.05) is 0 Å². The fourth-order valence-corrected chi connectivity index (χ4v) is 2.34. The number of ether oxygens (including phenoxy) is 1. The molecule has 88 valence electrons. The Morgan fingerprint density at radius 3 is 2.47 bits per heavy atom. The molecule has 2 nitrogen and oxygen atoms in total. The number of hydrogen-bond donors (Lipinski definition) is 1. The molecule has 15 heavy (non-hydrogen) atoms. The Hall–Kier alpha value is -0.0500. The average Bonchev–Trinajstić information content (AvgIpc) is 2.23. The fourth-order valence-electron chi connectivity index (χ4n) is 2.34. The molecule has 0 aromatic heterocycles. The highest BCUT2D eigenvalue weighted by Crippen LogP contribution is 2.25. The predicted molar refractivity (Wildman–Crippen MR) is 65.4 cm³/mol. The first kappa shape index (κ1) is 13.0. The summed E-state index contributed by atoms with van der Waals surface area (Å²) in [6.45, 7) is 0.952. The van der Waals surface area contributed by atoms with Gasteiger partial charge in [-0.2, -0.15) is 0 Å². The smallest absolute Gasteiger partial charge is 0.0758 e. The standard InChI is InChI=1S/C12H21NO.ClH/c13-11-6-4-10(5-7-11)9-12-3-1-2-8-14-12;/h9,11-12H,1-8,13H2;1H. The summed E-state index contributed by atoms with van der Waals surface area (Å²) in [6, 6.07) is 0.444. The van der Waals surface area contributed by atoms with Crippen molar-refractivity contribution in [1.82, 2.24) is 0 Å². The number of nitrogens with two attached hydrogens (primary N) is 1. The van der Waals surface area contributed by atoms with Crippen LogP contribution in [-0.2, 0) is 4.74 Å². The zero-order chi connectivity index (χ0) is 9.80. The lowest BCUT2D eigenvalue weighted by Gasteiger charge is -2.24. The van der Waals surface area contributed by atoms with Crippen LogP contribution in [0, 0.1) is 0 Å². The van der Waals surface area contributed by atoms with Gasteiger partial charge in [0.2, 0.25) is 0 Å². The SMILES string of the molecule is Cl.NC1CCC(=CC2CCCCO2)CC1. The molecular weight excluding hydrogens is 210 g/mol. The summed E-state index contributed by atoms with van der Waals surface area (Å²) in [4.78, 5) is 0.